The van der Waals surface area contributed by atoms with E-state index in [-0.39, 0.29) is 22.5 Å². The third-order valence-corrected chi connectivity index (χ3v) is 3.85. The number of carboxylic acid groups (broad SMARTS) is 1. The van der Waals surface area contributed by atoms with Crippen molar-refractivity contribution in [3.8, 4) is 34.0 Å². The monoisotopic (exact) mass is 443 g/mol. The summed E-state index contributed by atoms with van der Waals surface area (Å²) in [5.74, 6) is -2.78. The molecule has 1 aromatic heterocycles. The number of aromatic nitrogens is 1. The fourth-order valence-electron chi connectivity index (χ4n) is 2.71. The SMILES string of the molecule is O=C(O)c1cc(-c2ccccc2OC(F)(F)F)nc(-c2ccccc2OC(F)(F)F)c1. The Labute approximate surface area is 170 Å². The first-order valence-electron chi connectivity index (χ1n) is 8.38. The molecule has 0 aliphatic carbocycles. The lowest BCUT2D eigenvalue weighted by Crippen LogP contribution is -2.18. The van der Waals surface area contributed by atoms with Crippen LogP contribution in [0.4, 0.5) is 26.3 Å². The van der Waals surface area contributed by atoms with Gasteiger partial charge in [0, 0.05) is 11.1 Å². The third-order valence-electron chi connectivity index (χ3n) is 3.85. The summed E-state index contributed by atoms with van der Waals surface area (Å²) in [7, 11) is 0. The molecular weight excluding hydrogens is 432 g/mol. The lowest BCUT2D eigenvalue weighted by Gasteiger charge is -2.16. The number of halogens is 6. The summed E-state index contributed by atoms with van der Waals surface area (Å²) in [5.41, 5.74) is -1.34. The molecule has 0 aliphatic rings. The first-order valence-corrected chi connectivity index (χ1v) is 8.38. The molecule has 3 aromatic rings. The van der Waals surface area contributed by atoms with Crippen LogP contribution in [0.3, 0.4) is 0 Å². The molecule has 0 radical (unpaired) electrons. The van der Waals surface area contributed by atoms with Gasteiger partial charge in [-0.25, -0.2) is 9.78 Å². The summed E-state index contributed by atoms with van der Waals surface area (Å²) >= 11 is 0. The number of carbonyl (C=O) groups is 1. The number of para-hydroxylation sites is 2. The smallest absolute Gasteiger partial charge is 0.478 e. The first kappa shape index (κ1) is 21.9. The molecule has 1 N–H and O–H groups in total. The second kappa shape index (κ2) is 8.17. The van der Waals surface area contributed by atoms with E-state index in [0.717, 1.165) is 24.3 Å². The van der Waals surface area contributed by atoms with Crippen LogP contribution >= 0.6 is 0 Å². The second-order valence-corrected chi connectivity index (χ2v) is 6.02. The van der Waals surface area contributed by atoms with Crippen molar-refractivity contribution in [3.05, 3.63) is 66.2 Å². The van der Waals surface area contributed by atoms with Crippen molar-refractivity contribution in [3.63, 3.8) is 0 Å². The zero-order chi connectivity index (χ0) is 22.8. The predicted octanol–water partition coefficient (Wildman–Crippen LogP) is 5.91. The molecule has 0 aliphatic heterocycles. The Morgan fingerprint density at radius 1 is 0.742 bits per heavy atom. The van der Waals surface area contributed by atoms with Crippen molar-refractivity contribution >= 4 is 5.97 Å². The van der Waals surface area contributed by atoms with Crippen molar-refractivity contribution in [2.45, 2.75) is 12.7 Å². The summed E-state index contributed by atoms with van der Waals surface area (Å²) in [6.45, 7) is 0. The van der Waals surface area contributed by atoms with Gasteiger partial charge in [0.1, 0.15) is 11.5 Å². The van der Waals surface area contributed by atoms with Gasteiger partial charge in [-0.15, -0.1) is 26.3 Å². The van der Waals surface area contributed by atoms with Crippen molar-refractivity contribution < 1.29 is 45.7 Å². The Kier molecular flexibility index (Phi) is 5.78. The Balaban J connectivity index is 2.20. The van der Waals surface area contributed by atoms with Gasteiger partial charge in [0.15, 0.2) is 0 Å². The summed E-state index contributed by atoms with van der Waals surface area (Å²) in [4.78, 5) is 15.6. The number of hydrogen-bond acceptors (Lipinski definition) is 4. The lowest BCUT2D eigenvalue weighted by molar-refractivity contribution is -0.275. The maximum atomic E-state index is 12.7. The number of ether oxygens (including phenoxy) is 2. The standard InChI is InChI=1S/C20H11F6NO4/c21-19(22,23)30-16-7-3-1-5-12(16)14-9-11(18(28)29)10-15(27-14)13-6-2-4-8-17(13)31-20(24,25)26/h1-10H,(H,28,29). The molecule has 0 unspecified atom stereocenters. The van der Waals surface area contributed by atoms with E-state index < -0.39 is 35.8 Å². The number of rotatable bonds is 5. The molecule has 0 amide bonds. The molecule has 0 atom stereocenters. The minimum absolute atomic E-state index is 0.210. The Morgan fingerprint density at radius 3 is 1.48 bits per heavy atom. The van der Waals surface area contributed by atoms with Crippen LogP contribution < -0.4 is 9.47 Å². The first-order chi connectivity index (χ1) is 14.4. The lowest BCUT2D eigenvalue weighted by atomic mass is 10.0. The summed E-state index contributed by atoms with van der Waals surface area (Å²) in [6.07, 6.45) is -10.1. The van der Waals surface area contributed by atoms with E-state index in [1.807, 2.05) is 0 Å². The fourth-order valence-corrected chi connectivity index (χ4v) is 2.71. The quantitative estimate of drug-likeness (QED) is 0.497. The molecule has 2 aromatic carbocycles. The van der Waals surface area contributed by atoms with Gasteiger partial charge in [-0.2, -0.15) is 0 Å². The van der Waals surface area contributed by atoms with Crippen molar-refractivity contribution in [1.82, 2.24) is 4.98 Å². The predicted molar refractivity (Wildman–Crippen MR) is 95.4 cm³/mol. The minimum atomic E-state index is -5.03. The number of aromatic carboxylic acids is 1. The highest BCUT2D eigenvalue weighted by Gasteiger charge is 2.33. The van der Waals surface area contributed by atoms with Crippen LogP contribution in [0.5, 0.6) is 11.5 Å². The molecule has 0 saturated carbocycles. The van der Waals surface area contributed by atoms with E-state index in [9.17, 15) is 36.2 Å². The molecule has 5 nitrogen and oxygen atoms in total. The maximum absolute atomic E-state index is 12.7. The average Bonchev–Trinajstić information content (AvgIpc) is 2.66. The van der Waals surface area contributed by atoms with Gasteiger partial charge >= 0.3 is 18.7 Å². The van der Waals surface area contributed by atoms with Crippen molar-refractivity contribution in [2.75, 3.05) is 0 Å². The fraction of sp³-hybridized carbons (Fsp3) is 0.100. The van der Waals surface area contributed by atoms with Crippen LogP contribution in [0.1, 0.15) is 10.4 Å². The zero-order valence-corrected chi connectivity index (χ0v) is 15.2. The minimum Gasteiger partial charge on any atom is -0.478 e. The topological polar surface area (TPSA) is 68.7 Å². The number of hydrogen-bond donors (Lipinski definition) is 1. The Bertz CT molecular complexity index is 1030. The molecule has 0 spiro atoms. The summed E-state index contributed by atoms with van der Waals surface area (Å²) in [6, 6.07) is 11.6. The summed E-state index contributed by atoms with van der Waals surface area (Å²) < 4.78 is 84.4. The van der Waals surface area contributed by atoms with Crippen molar-refractivity contribution in [2.24, 2.45) is 0 Å². The molecule has 1 heterocycles. The molecule has 162 valence electrons. The second-order valence-electron chi connectivity index (χ2n) is 6.02. The van der Waals surface area contributed by atoms with Crippen LogP contribution in [0.25, 0.3) is 22.5 Å². The zero-order valence-electron chi connectivity index (χ0n) is 15.2. The number of benzene rings is 2. The van der Waals surface area contributed by atoms with Crippen LogP contribution in [-0.4, -0.2) is 28.8 Å². The molecular formula is C20H11F6NO4. The highest BCUT2D eigenvalue weighted by atomic mass is 19.4. The van der Waals surface area contributed by atoms with E-state index in [1.165, 1.54) is 36.4 Å². The highest BCUT2D eigenvalue weighted by molar-refractivity contribution is 5.91. The molecule has 0 fully saturated rings. The molecule has 31 heavy (non-hydrogen) atoms. The average molecular weight is 443 g/mol. The molecule has 11 heteroatoms. The van der Waals surface area contributed by atoms with Crippen LogP contribution in [-0.2, 0) is 0 Å². The number of nitrogens with zero attached hydrogens (tertiary/aromatic N) is 1. The van der Waals surface area contributed by atoms with Crippen LogP contribution in [0.2, 0.25) is 0 Å². The summed E-state index contributed by atoms with van der Waals surface area (Å²) in [5, 5.41) is 9.39. The van der Waals surface area contributed by atoms with Gasteiger partial charge in [-0.05, 0) is 36.4 Å². The largest absolute Gasteiger partial charge is 0.573 e. The van der Waals surface area contributed by atoms with E-state index in [2.05, 4.69) is 14.5 Å². The van der Waals surface area contributed by atoms with Gasteiger partial charge in [0.25, 0.3) is 0 Å². The molecule has 3 rings (SSSR count). The molecule has 0 saturated heterocycles. The van der Waals surface area contributed by atoms with Crippen LogP contribution in [0.15, 0.2) is 60.7 Å². The van der Waals surface area contributed by atoms with E-state index in [0.29, 0.717) is 0 Å². The normalized spacial score (nSPS) is 11.8. The van der Waals surface area contributed by atoms with Gasteiger partial charge in [-0.1, -0.05) is 24.3 Å². The van der Waals surface area contributed by atoms with E-state index in [1.54, 1.807) is 0 Å². The number of alkyl halides is 6. The van der Waals surface area contributed by atoms with E-state index in [4.69, 9.17) is 0 Å². The highest BCUT2D eigenvalue weighted by Crippen LogP contribution is 2.37. The van der Waals surface area contributed by atoms with Gasteiger partial charge < -0.3 is 14.6 Å². The Morgan fingerprint density at radius 2 is 1.13 bits per heavy atom. The van der Waals surface area contributed by atoms with Gasteiger partial charge in [0.2, 0.25) is 0 Å². The van der Waals surface area contributed by atoms with Crippen molar-refractivity contribution in [1.29, 1.82) is 0 Å². The van der Waals surface area contributed by atoms with Gasteiger partial charge in [0.05, 0.1) is 17.0 Å². The Hall–Kier alpha value is -3.76. The maximum Gasteiger partial charge on any atom is 0.573 e. The van der Waals surface area contributed by atoms with Crippen LogP contribution in [0, 0.1) is 0 Å². The molecule has 0 bridgehead atoms. The van der Waals surface area contributed by atoms with Gasteiger partial charge in [-0.3, -0.25) is 0 Å². The third kappa shape index (κ3) is 5.65. The number of carboxylic acids is 1. The number of pyridine rings is 1. The van der Waals surface area contributed by atoms with E-state index >= 15 is 0 Å².